The van der Waals surface area contributed by atoms with Crippen molar-refractivity contribution in [3.05, 3.63) is 51.7 Å². The van der Waals surface area contributed by atoms with E-state index in [0.717, 1.165) is 4.88 Å². The molecule has 2 amide bonds. The molecule has 1 N–H and O–H groups in total. The third-order valence-electron chi connectivity index (χ3n) is 3.28. The first-order valence-electron chi connectivity index (χ1n) is 7.53. The normalized spacial score (nSPS) is 10.2. The van der Waals surface area contributed by atoms with Crippen LogP contribution in [-0.4, -0.2) is 36.4 Å². The van der Waals surface area contributed by atoms with Gasteiger partial charge in [-0.05, 0) is 42.6 Å². The second-order valence-corrected chi connectivity index (χ2v) is 6.48. The summed E-state index contributed by atoms with van der Waals surface area (Å²) in [4.78, 5) is 26.7. The Balaban J connectivity index is 1.77. The van der Waals surface area contributed by atoms with Crippen LogP contribution in [-0.2, 0) is 16.1 Å². The van der Waals surface area contributed by atoms with E-state index in [-0.39, 0.29) is 25.0 Å². The van der Waals surface area contributed by atoms with Gasteiger partial charge in [0, 0.05) is 16.4 Å². The predicted molar refractivity (Wildman–Crippen MR) is 95.4 cm³/mol. The predicted octanol–water partition coefficient (Wildman–Crippen LogP) is 2.95. The highest BCUT2D eigenvalue weighted by Gasteiger charge is 2.16. The van der Waals surface area contributed by atoms with E-state index in [2.05, 4.69) is 5.32 Å². The number of nitrogens with zero attached hydrogens (tertiary/aromatic N) is 1. The van der Waals surface area contributed by atoms with Gasteiger partial charge >= 0.3 is 0 Å². The second kappa shape index (κ2) is 9.30. The van der Waals surface area contributed by atoms with Gasteiger partial charge in [0.2, 0.25) is 5.91 Å². The first kappa shape index (κ1) is 18.3. The van der Waals surface area contributed by atoms with Crippen LogP contribution in [0.4, 0.5) is 0 Å². The Hall–Kier alpha value is -2.05. The molecule has 0 spiro atoms. The number of rotatable bonds is 8. The molecule has 1 aromatic carbocycles. The molecule has 0 aliphatic carbocycles. The standard InChI is InChI=1S/C17H19ClN2O3S/c1-2-20(11-16(21)19-10-15-4-3-9-24-15)17(22)12-23-14-7-5-13(18)6-8-14/h3-9H,2,10-12H2,1H3,(H,19,21). The quantitative estimate of drug-likeness (QED) is 0.781. The molecule has 0 radical (unpaired) electrons. The highest BCUT2D eigenvalue weighted by Crippen LogP contribution is 2.15. The smallest absolute Gasteiger partial charge is 0.260 e. The van der Waals surface area contributed by atoms with Crippen molar-refractivity contribution in [1.29, 1.82) is 0 Å². The summed E-state index contributed by atoms with van der Waals surface area (Å²) in [5, 5.41) is 5.37. The van der Waals surface area contributed by atoms with Crippen molar-refractivity contribution >= 4 is 34.8 Å². The highest BCUT2D eigenvalue weighted by molar-refractivity contribution is 7.09. The van der Waals surface area contributed by atoms with Gasteiger partial charge in [-0.1, -0.05) is 17.7 Å². The lowest BCUT2D eigenvalue weighted by molar-refractivity contribution is -0.137. The van der Waals surface area contributed by atoms with Crippen molar-refractivity contribution in [3.8, 4) is 5.75 Å². The van der Waals surface area contributed by atoms with Crippen molar-refractivity contribution < 1.29 is 14.3 Å². The molecule has 0 aliphatic rings. The Kier molecular flexibility index (Phi) is 7.08. The van der Waals surface area contributed by atoms with Crippen LogP contribution in [0.15, 0.2) is 41.8 Å². The molecule has 0 saturated heterocycles. The maximum Gasteiger partial charge on any atom is 0.260 e. The number of thiophene rings is 1. The topological polar surface area (TPSA) is 58.6 Å². The summed E-state index contributed by atoms with van der Waals surface area (Å²) in [6, 6.07) is 10.7. The van der Waals surface area contributed by atoms with Gasteiger partial charge in [0.05, 0.1) is 13.1 Å². The molecule has 0 saturated carbocycles. The lowest BCUT2D eigenvalue weighted by Crippen LogP contribution is -2.42. The fourth-order valence-corrected chi connectivity index (χ4v) is 2.74. The minimum Gasteiger partial charge on any atom is -0.484 e. The summed E-state index contributed by atoms with van der Waals surface area (Å²) in [6.07, 6.45) is 0. The van der Waals surface area contributed by atoms with Crippen molar-refractivity contribution in [2.24, 2.45) is 0 Å². The third-order valence-corrected chi connectivity index (χ3v) is 4.41. The van der Waals surface area contributed by atoms with Crippen LogP contribution >= 0.6 is 22.9 Å². The van der Waals surface area contributed by atoms with E-state index in [1.54, 1.807) is 35.6 Å². The van der Waals surface area contributed by atoms with Gasteiger partial charge in [0.1, 0.15) is 5.75 Å². The van der Waals surface area contributed by atoms with Crippen LogP contribution < -0.4 is 10.1 Å². The first-order chi connectivity index (χ1) is 11.6. The van der Waals surface area contributed by atoms with Crippen molar-refractivity contribution in [3.63, 3.8) is 0 Å². The number of amides is 2. The zero-order chi connectivity index (χ0) is 17.4. The molecule has 2 aromatic rings. The number of carbonyl (C=O) groups excluding carboxylic acids is 2. The molecular formula is C17H19ClN2O3S. The van der Waals surface area contributed by atoms with Gasteiger partial charge in [-0.2, -0.15) is 0 Å². The number of nitrogens with one attached hydrogen (secondary N) is 1. The Bertz CT molecular complexity index is 659. The molecule has 1 aromatic heterocycles. The largest absolute Gasteiger partial charge is 0.484 e. The fraction of sp³-hybridized carbons (Fsp3) is 0.294. The summed E-state index contributed by atoms with van der Waals surface area (Å²) in [6.45, 7) is 2.64. The first-order valence-corrected chi connectivity index (χ1v) is 8.79. The molecule has 1 heterocycles. The number of benzene rings is 1. The van der Waals surface area contributed by atoms with Gasteiger partial charge in [0.15, 0.2) is 6.61 Å². The average molecular weight is 367 g/mol. The van der Waals surface area contributed by atoms with Crippen molar-refractivity contribution in [2.45, 2.75) is 13.5 Å². The van der Waals surface area contributed by atoms with E-state index < -0.39 is 0 Å². The minimum absolute atomic E-state index is 0.0185. The molecule has 128 valence electrons. The molecule has 0 unspecified atom stereocenters. The van der Waals surface area contributed by atoms with E-state index in [1.807, 2.05) is 24.4 Å². The van der Waals surface area contributed by atoms with Gasteiger partial charge in [0.25, 0.3) is 5.91 Å². The van der Waals surface area contributed by atoms with Crippen LogP contribution in [0.1, 0.15) is 11.8 Å². The third kappa shape index (κ3) is 5.86. The zero-order valence-corrected chi connectivity index (χ0v) is 14.9. The number of likely N-dealkylation sites (N-methyl/N-ethyl adjacent to an activating group) is 1. The number of halogens is 1. The Morgan fingerprint density at radius 3 is 2.62 bits per heavy atom. The summed E-state index contributed by atoms with van der Waals surface area (Å²) in [5.74, 6) is 0.134. The molecule has 24 heavy (non-hydrogen) atoms. The summed E-state index contributed by atoms with van der Waals surface area (Å²) < 4.78 is 5.43. The molecule has 0 bridgehead atoms. The van der Waals surface area contributed by atoms with Gasteiger partial charge in [-0.25, -0.2) is 0 Å². The number of ether oxygens (including phenoxy) is 1. The van der Waals surface area contributed by atoms with E-state index in [0.29, 0.717) is 23.9 Å². The maximum absolute atomic E-state index is 12.2. The van der Waals surface area contributed by atoms with Gasteiger partial charge < -0.3 is 15.0 Å². The van der Waals surface area contributed by atoms with Crippen LogP contribution in [0.5, 0.6) is 5.75 Å². The summed E-state index contributed by atoms with van der Waals surface area (Å²) >= 11 is 7.37. The molecule has 2 rings (SSSR count). The fourth-order valence-electron chi connectivity index (χ4n) is 1.97. The summed E-state index contributed by atoms with van der Waals surface area (Å²) in [5.41, 5.74) is 0. The van der Waals surface area contributed by atoms with Crippen molar-refractivity contribution in [1.82, 2.24) is 10.2 Å². The molecule has 0 atom stereocenters. The van der Waals surface area contributed by atoms with Crippen molar-refractivity contribution in [2.75, 3.05) is 19.7 Å². The molecule has 0 aliphatic heterocycles. The van der Waals surface area contributed by atoms with Crippen LogP contribution in [0.25, 0.3) is 0 Å². The molecule has 0 fully saturated rings. The summed E-state index contributed by atoms with van der Waals surface area (Å²) in [7, 11) is 0. The Labute approximate surface area is 150 Å². The van der Waals surface area contributed by atoms with Gasteiger partial charge in [-0.3, -0.25) is 9.59 Å². The van der Waals surface area contributed by atoms with E-state index in [9.17, 15) is 9.59 Å². The van der Waals surface area contributed by atoms with Crippen LogP contribution in [0.3, 0.4) is 0 Å². The van der Waals surface area contributed by atoms with Crippen LogP contribution in [0.2, 0.25) is 5.02 Å². The monoisotopic (exact) mass is 366 g/mol. The molecule has 5 nitrogen and oxygen atoms in total. The lowest BCUT2D eigenvalue weighted by Gasteiger charge is -2.20. The second-order valence-electron chi connectivity index (χ2n) is 5.01. The molecular weight excluding hydrogens is 348 g/mol. The lowest BCUT2D eigenvalue weighted by atomic mass is 10.3. The maximum atomic E-state index is 12.2. The molecule has 7 heteroatoms. The van der Waals surface area contributed by atoms with E-state index >= 15 is 0 Å². The van der Waals surface area contributed by atoms with E-state index in [4.69, 9.17) is 16.3 Å². The minimum atomic E-state index is -0.237. The Morgan fingerprint density at radius 1 is 1.25 bits per heavy atom. The number of hydrogen-bond acceptors (Lipinski definition) is 4. The highest BCUT2D eigenvalue weighted by atomic mass is 35.5. The Morgan fingerprint density at radius 2 is 2.00 bits per heavy atom. The van der Waals surface area contributed by atoms with Crippen LogP contribution in [0, 0.1) is 0 Å². The number of hydrogen-bond donors (Lipinski definition) is 1. The SMILES string of the molecule is CCN(CC(=O)NCc1cccs1)C(=O)COc1ccc(Cl)cc1. The number of carbonyl (C=O) groups is 2. The zero-order valence-electron chi connectivity index (χ0n) is 13.3. The van der Waals surface area contributed by atoms with E-state index in [1.165, 1.54) is 4.90 Å². The van der Waals surface area contributed by atoms with Gasteiger partial charge in [-0.15, -0.1) is 11.3 Å². The average Bonchev–Trinajstić information content (AvgIpc) is 3.10.